The summed E-state index contributed by atoms with van der Waals surface area (Å²) in [6.07, 6.45) is 1.12. The molecule has 100 valence electrons. The van der Waals surface area contributed by atoms with Crippen molar-refractivity contribution in [2.24, 2.45) is 5.73 Å². The number of piperazine rings is 1. The van der Waals surface area contributed by atoms with E-state index < -0.39 is 0 Å². The van der Waals surface area contributed by atoms with Crippen LogP contribution in [0.25, 0.3) is 0 Å². The summed E-state index contributed by atoms with van der Waals surface area (Å²) in [5.74, 6) is 0. The summed E-state index contributed by atoms with van der Waals surface area (Å²) in [4.78, 5) is 4.99. The van der Waals surface area contributed by atoms with Crippen LogP contribution in [-0.2, 0) is 13.0 Å². The molecule has 1 aliphatic rings. The molecule has 18 heavy (non-hydrogen) atoms. The maximum absolute atomic E-state index is 5.59. The van der Waals surface area contributed by atoms with Gasteiger partial charge in [-0.05, 0) is 17.5 Å². The molecule has 1 fully saturated rings. The van der Waals surface area contributed by atoms with Crippen molar-refractivity contribution in [3.05, 3.63) is 35.4 Å². The first kappa shape index (κ1) is 13.5. The Balaban J connectivity index is 1.80. The molecule has 0 aliphatic carbocycles. The molecule has 1 aromatic rings. The predicted octanol–water partition coefficient (Wildman–Crippen LogP) is 1.33. The van der Waals surface area contributed by atoms with E-state index in [1.165, 1.54) is 11.1 Å². The lowest BCUT2D eigenvalue weighted by Crippen LogP contribution is -2.47. The molecule has 1 saturated heterocycles. The molecule has 3 heteroatoms. The monoisotopic (exact) mass is 247 g/mol. The van der Waals surface area contributed by atoms with Crippen LogP contribution in [0.15, 0.2) is 24.3 Å². The molecule has 0 amide bonds. The lowest BCUT2D eigenvalue weighted by Gasteiger charge is -2.34. The maximum atomic E-state index is 5.59. The van der Waals surface area contributed by atoms with E-state index in [2.05, 4.69) is 41.0 Å². The summed E-state index contributed by atoms with van der Waals surface area (Å²) in [5.41, 5.74) is 8.44. The van der Waals surface area contributed by atoms with Crippen LogP contribution < -0.4 is 5.73 Å². The second kappa shape index (κ2) is 6.88. The first-order valence-electron chi connectivity index (χ1n) is 7.04. The van der Waals surface area contributed by atoms with Gasteiger partial charge in [0.2, 0.25) is 0 Å². The zero-order chi connectivity index (χ0) is 12.8. The van der Waals surface area contributed by atoms with Crippen molar-refractivity contribution >= 4 is 0 Å². The van der Waals surface area contributed by atoms with E-state index in [1.807, 2.05) is 0 Å². The van der Waals surface area contributed by atoms with Crippen LogP contribution in [0.4, 0.5) is 0 Å². The number of nitrogens with zero attached hydrogens (tertiary/aromatic N) is 2. The zero-order valence-corrected chi connectivity index (χ0v) is 11.4. The van der Waals surface area contributed by atoms with Crippen LogP contribution >= 0.6 is 0 Å². The Morgan fingerprint density at radius 1 is 0.944 bits per heavy atom. The Bertz CT molecular complexity index is 339. The van der Waals surface area contributed by atoms with Crippen molar-refractivity contribution in [3.63, 3.8) is 0 Å². The number of benzene rings is 1. The van der Waals surface area contributed by atoms with E-state index in [9.17, 15) is 0 Å². The summed E-state index contributed by atoms with van der Waals surface area (Å²) in [7, 11) is 0. The van der Waals surface area contributed by atoms with Crippen LogP contribution in [0, 0.1) is 0 Å². The third-order valence-corrected chi connectivity index (χ3v) is 3.75. The van der Waals surface area contributed by atoms with Gasteiger partial charge in [0.05, 0.1) is 0 Å². The number of aryl methyl sites for hydroxylation is 1. The smallest absolute Gasteiger partial charge is 0.0234 e. The fourth-order valence-corrected chi connectivity index (χ4v) is 2.49. The molecule has 1 aliphatic heterocycles. The van der Waals surface area contributed by atoms with Crippen LogP contribution in [0.1, 0.15) is 18.1 Å². The molecule has 1 aromatic carbocycles. The van der Waals surface area contributed by atoms with E-state index in [0.717, 1.165) is 52.2 Å². The largest absolute Gasteiger partial charge is 0.329 e. The highest BCUT2D eigenvalue weighted by Gasteiger charge is 2.15. The van der Waals surface area contributed by atoms with E-state index in [-0.39, 0.29) is 0 Å². The average Bonchev–Trinajstić information content (AvgIpc) is 2.42. The van der Waals surface area contributed by atoms with Gasteiger partial charge in [-0.3, -0.25) is 9.80 Å². The van der Waals surface area contributed by atoms with Gasteiger partial charge in [0.1, 0.15) is 0 Å². The molecule has 0 unspecified atom stereocenters. The molecular formula is C15H25N3. The molecule has 3 nitrogen and oxygen atoms in total. The van der Waals surface area contributed by atoms with Gasteiger partial charge < -0.3 is 5.73 Å². The lowest BCUT2D eigenvalue weighted by atomic mass is 10.1. The van der Waals surface area contributed by atoms with Gasteiger partial charge in [-0.25, -0.2) is 0 Å². The van der Waals surface area contributed by atoms with Gasteiger partial charge >= 0.3 is 0 Å². The first-order chi connectivity index (χ1) is 8.81. The summed E-state index contributed by atoms with van der Waals surface area (Å²) in [6, 6.07) is 9.04. The summed E-state index contributed by atoms with van der Waals surface area (Å²) in [6.45, 7) is 9.74. The molecule has 0 radical (unpaired) electrons. The zero-order valence-electron chi connectivity index (χ0n) is 11.4. The van der Waals surface area contributed by atoms with Crippen LogP contribution in [0.5, 0.6) is 0 Å². The van der Waals surface area contributed by atoms with Gasteiger partial charge in [0.25, 0.3) is 0 Å². The van der Waals surface area contributed by atoms with Crippen molar-refractivity contribution in [3.8, 4) is 0 Å². The van der Waals surface area contributed by atoms with Crippen molar-refractivity contribution in [2.75, 3.05) is 39.3 Å². The van der Waals surface area contributed by atoms with E-state index in [0.29, 0.717) is 0 Å². The Kier molecular flexibility index (Phi) is 5.17. The van der Waals surface area contributed by atoms with E-state index in [4.69, 9.17) is 5.73 Å². The second-order valence-corrected chi connectivity index (χ2v) is 5.08. The Morgan fingerprint density at radius 2 is 1.50 bits per heavy atom. The molecule has 1 heterocycles. The number of hydrogen-bond acceptors (Lipinski definition) is 3. The molecule has 0 aromatic heterocycles. The van der Waals surface area contributed by atoms with Gasteiger partial charge in [0.15, 0.2) is 0 Å². The standard InChI is InChI=1S/C15H25N3/c1-2-14-3-5-15(6-4-14)13-18-11-9-17(8-7-16)10-12-18/h3-6H,2,7-13,16H2,1H3. The van der Waals surface area contributed by atoms with Gasteiger partial charge in [-0.2, -0.15) is 0 Å². The van der Waals surface area contributed by atoms with Crippen molar-refractivity contribution in [1.29, 1.82) is 0 Å². The quantitative estimate of drug-likeness (QED) is 0.852. The van der Waals surface area contributed by atoms with Crippen molar-refractivity contribution < 1.29 is 0 Å². The van der Waals surface area contributed by atoms with Crippen LogP contribution in [-0.4, -0.2) is 49.1 Å². The Morgan fingerprint density at radius 3 is 2.06 bits per heavy atom. The molecule has 2 N–H and O–H groups in total. The Hall–Kier alpha value is -0.900. The Labute approximate surface area is 111 Å². The third kappa shape index (κ3) is 3.80. The summed E-state index contributed by atoms with van der Waals surface area (Å²) in [5, 5.41) is 0. The van der Waals surface area contributed by atoms with Crippen molar-refractivity contribution in [2.45, 2.75) is 19.9 Å². The fourth-order valence-electron chi connectivity index (χ4n) is 2.49. The number of nitrogens with two attached hydrogens (primary N) is 1. The summed E-state index contributed by atoms with van der Waals surface area (Å²) >= 11 is 0. The lowest BCUT2D eigenvalue weighted by molar-refractivity contribution is 0.130. The average molecular weight is 247 g/mol. The minimum absolute atomic E-state index is 0.776. The molecular weight excluding hydrogens is 222 g/mol. The molecule has 0 bridgehead atoms. The highest BCUT2D eigenvalue weighted by molar-refractivity contribution is 5.22. The maximum Gasteiger partial charge on any atom is 0.0234 e. The third-order valence-electron chi connectivity index (χ3n) is 3.75. The SMILES string of the molecule is CCc1ccc(CN2CCN(CCN)CC2)cc1. The highest BCUT2D eigenvalue weighted by atomic mass is 15.3. The normalized spacial score (nSPS) is 18.1. The highest BCUT2D eigenvalue weighted by Crippen LogP contribution is 2.10. The molecule has 0 saturated carbocycles. The van der Waals surface area contributed by atoms with Crippen LogP contribution in [0.2, 0.25) is 0 Å². The minimum Gasteiger partial charge on any atom is -0.329 e. The van der Waals surface area contributed by atoms with Gasteiger partial charge in [-0.15, -0.1) is 0 Å². The number of rotatable bonds is 5. The van der Waals surface area contributed by atoms with Crippen LogP contribution in [0.3, 0.4) is 0 Å². The predicted molar refractivity (Wildman–Crippen MR) is 76.6 cm³/mol. The fraction of sp³-hybridized carbons (Fsp3) is 0.600. The number of hydrogen-bond donors (Lipinski definition) is 1. The molecule has 0 spiro atoms. The molecule has 2 rings (SSSR count). The van der Waals surface area contributed by atoms with Crippen molar-refractivity contribution in [1.82, 2.24) is 9.80 Å². The summed E-state index contributed by atoms with van der Waals surface area (Å²) < 4.78 is 0. The topological polar surface area (TPSA) is 32.5 Å². The van der Waals surface area contributed by atoms with E-state index >= 15 is 0 Å². The second-order valence-electron chi connectivity index (χ2n) is 5.08. The van der Waals surface area contributed by atoms with Gasteiger partial charge in [0, 0.05) is 45.8 Å². The first-order valence-corrected chi connectivity index (χ1v) is 7.04. The minimum atomic E-state index is 0.776. The van der Waals surface area contributed by atoms with Gasteiger partial charge in [-0.1, -0.05) is 31.2 Å². The molecule has 0 atom stereocenters. The van der Waals surface area contributed by atoms with E-state index in [1.54, 1.807) is 0 Å².